The van der Waals surface area contributed by atoms with Gasteiger partial charge in [-0.2, -0.15) is 0 Å². The van der Waals surface area contributed by atoms with Gasteiger partial charge in [-0.05, 0) is 1.34 Å². The van der Waals surface area contributed by atoms with Crippen LogP contribution in [0.4, 0.5) is 0 Å². The first kappa shape index (κ1) is 6.99. The van der Waals surface area contributed by atoms with Gasteiger partial charge in [0.05, 0.1) is 19.2 Å². The second kappa shape index (κ2) is 3.82. The summed E-state index contributed by atoms with van der Waals surface area (Å²) in [7, 11) is 1.54. The first-order valence-electron chi connectivity index (χ1n) is 3.05. The van der Waals surface area contributed by atoms with E-state index >= 15 is 0 Å². The topological polar surface area (TPSA) is 60.4 Å². The summed E-state index contributed by atoms with van der Waals surface area (Å²) in [5.41, 5.74) is -0.708. The molecule has 0 aliphatic heterocycles. The van der Waals surface area contributed by atoms with Crippen molar-refractivity contribution in [2.45, 2.75) is 6.42 Å². The van der Waals surface area contributed by atoms with Crippen molar-refractivity contribution in [2.75, 3.05) is 7.11 Å². The SMILES string of the molecule is [2H][B]C(=O)CC(=O)C(=O)OC. The van der Waals surface area contributed by atoms with E-state index in [-0.39, 0.29) is 0 Å². The lowest BCUT2D eigenvalue weighted by Crippen LogP contribution is -2.18. The second-order valence-electron chi connectivity index (χ2n) is 1.56. The molecule has 0 atom stereocenters. The fourth-order valence-electron chi connectivity index (χ4n) is 0.344. The number of rotatable bonds is 4. The summed E-state index contributed by atoms with van der Waals surface area (Å²) in [6, 6.07) is 0. The van der Waals surface area contributed by atoms with Crippen LogP contribution in [0.25, 0.3) is 0 Å². The Labute approximate surface area is 60.3 Å². The Bertz CT molecular complexity index is 191. The molecule has 0 amide bonds. The molecule has 5 heteroatoms. The Morgan fingerprint density at radius 3 is 2.60 bits per heavy atom. The maximum Gasteiger partial charge on any atom is 0.374 e. The first-order valence-corrected chi connectivity index (χ1v) is 2.47. The summed E-state index contributed by atoms with van der Waals surface area (Å²) in [5, 5.41) is 0. The van der Waals surface area contributed by atoms with Crippen molar-refractivity contribution in [2.24, 2.45) is 0 Å². The van der Waals surface area contributed by atoms with E-state index in [0.29, 0.717) is 7.81 Å². The largest absolute Gasteiger partial charge is 0.463 e. The predicted molar refractivity (Wildman–Crippen MR) is 33.8 cm³/mol. The average Bonchev–Trinajstić information content (AvgIpc) is 2.02. The van der Waals surface area contributed by atoms with Gasteiger partial charge in [0.15, 0.2) is 7.81 Å². The molecule has 0 rings (SSSR count). The van der Waals surface area contributed by atoms with Crippen molar-refractivity contribution in [1.82, 2.24) is 0 Å². The number of esters is 1. The van der Waals surface area contributed by atoms with Gasteiger partial charge in [-0.15, -0.1) is 0 Å². The summed E-state index contributed by atoms with van der Waals surface area (Å²) in [6.45, 7) is 0. The Morgan fingerprint density at radius 1 is 1.60 bits per heavy atom. The molecule has 0 aliphatic carbocycles. The molecule has 53 valence electrons. The molecular formula is C5H6BO4. The smallest absolute Gasteiger partial charge is 0.374 e. The van der Waals surface area contributed by atoms with Crippen LogP contribution in [0, 0.1) is 0 Å². The van der Waals surface area contributed by atoms with Crippen LogP contribution in [0.2, 0.25) is 0 Å². The van der Waals surface area contributed by atoms with Crippen LogP contribution in [-0.4, -0.2) is 33.7 Å². The number of methoxy groups -OCH3 is 1. The Balaban J connectivity index is 3.88. The molecule has 0 aromatic heterocycles. The maximum absolute atomic E-state index is 10.5. The van der Waals surface area contributed by atoms with E-state index in [2.05, 4.69) is 4.74 Å². The minimum Gasteiger partial charge on any atom is -0.463 e. The molecule has 0 saturated carbocycles. The quantitative estimate of drug-likeness (QED) is 0.208. The molecule has 0 spiro atoms. The van der Waals surface area contributed by atoms with Gasteiger partial charge in [0.1, 0.15) is 0 Å². The highest BCUT2D eigenvalue weighted by molar-refractivity contribution is 6.61. The van der Waals surface area contributed by atoms with Gasteiger partial charge in [-0.3, -0.25) is 4.79 Å². The molecule has 0 heterocycles. The van der Waals surface area contributed by atoms with Gasteiger partial charge in [-0.25, -0.2) is 4.79 Å². The molecule has 0 fully saturated rings. The van der Waals surface area contributed by atoms with Crippen molar-refractivity contribution < 1.29 is 19.1 Å². The number of carbonyl (C=O) groups excluding carboxylic acids is 3. The van der Waals surface area contributed by atoms with Crippen molar-refractivity contribution >= 4 is 25.2 Å². The van der Waals surface area contributed by atoms with E-state index in [0.717, 1.165) is 7.11 Å². The van der Waals surface area contributed by atoms with Crippen molar-refractivity contribution in [1.29, 1.82) is 1.34 Å². The van der Waals surface area contributed by atoms with Crippen molar-refractivity contribution in [3.05, 3.63) is 0 Å². The summed E-state index contributed by atoms with van der Waals surface area (Å²) in [5.74, 6) is -1.99. The van der Waals surface area contributed by atoms with Crippen LogP contribution < -0.4 is 0 Å². The zero-order valence-corrected chi connectivity index (χ0v) is 5.42. The van der Waals surface area contributed by atoms with E-state index in [9.17, 15) is 14.4 Å². The molecule has 0 N–H and O–H groups in total. The maximum atomic E-state index is 10.5. The molecule has 0 aromatic rings. The number of hydrogen-bond donors (Lipinski definition) is 0. The van der Waals surface area contributed by atoms with Crippen LogP contribution in [0.15, 0.2) is 0 Å². The highest BCUT2D eigenvalue weighted by Crippen LogP contribution is 1.85. The van der Waals surface area contributed by atoms with Crippen molar-refractivity contribution in [3.63, 3.8) is 0 Å². The Hall–Kier alpha value is -1.13. The monoisotopic (exact) mass is 142 g/mol. The van der Waals surface area contributed by atoms with Gasteiger partial charge < -0.3 is 9.53 Å². The number of ketones is 1. The summed E-state index contributed by atoms with van der Waals surface area (Å²) < 4.78 is 10.5. The predicted octanol–water partition coefficient (Wildman–Crippen LogP) is -1.45. The molecule has 0 aliphatic rings. The van der Waals surface area contributed by atoms with Gasteiger partial charge in [0.25, 0.3) is 0 Å². The van der Waals surface area contributed by atoms with E-state index in [4.69, 9.17) is 1.34 Å². The van der Waals surface area contributed by atoms with Crippen LogP contribution in [-0.2, 0) is 19.1 Å². The average molecular weight is 142 g/mol. The van der Waals surface area contributed by atoms with Crippen LogP contribution >= 0.6 is 0 Å². The lowest BCUT2D eigenvalue weighted by molar-refractivity contribution is -0.152. The van der Waals surface area contributed by atoms with Crippen LogP contribution in [0.1, 0.15) is 6.42 Å². The lowest BCUT2D eigenvalue weighted by Gasteiger charge is -1.93. The van der Waals surface area contributed by atoms with Gasteiger partial charge >= 0.3 is 5.97 Å². The van der Waals surface area contributed by atoms with Gasteiger partial charge in [-0.1, -0.05) is 0 Å². The molecule has 0 unspecified atom stereocenters. The Kier molecular flexibility index (Phi) is 2.67. The van der Waals surface area contributed by atoms with E-state index in [1.807, 2.05) is 0 Å². The molecule has 0 bridgehead atoms. The molecule has 0 aromatic carbocycles. The Morgan fingerprint density at radius 2 is 2.20 bits per heavy atom. The minimum atomic E-state index is -1.06. The number of hydrogen-bond acceptors (Lipinski definition) is 4. The molecule has 10 heavy (non-hydrogen) atoms. The minimum absolute atomic E-state index is 0.487. The third-order valence-corrected chi connectivity index (χ3v) is 0.748. The summed E-state index contributed by atoms with van der Waals surface area (Å²) in [4.78, 5) is 31.3. The van der Waals surface area contributed by atoms with Crippen molar-refractivity contribution in [3.8, 4) is 0 Å². The van der Waals surface area contributed by atoms with Crippen LogP contribution in [0.3, 0.4) is 0 Å². The van der Waals surface area contributed by atoms with Gasteiger partial charge in [0, 0.05) is 0 Å². The lowest BCUT2D eigenvalue weighted by atomic mass is 9.98. The molecule has 0 saturated heterocycles. The second-order valence-corrected chi connectivity index (χ2v) is 1.56. The fourth-order valence-corrected chi connectivity index (χ4v) is 0.344. The molecule has 1 radical (unpaired) electrons. The third-order valence-electron chi connectivity index (χ3n) is 0.748. The highest BCUT2D eigenvalue weighted by Gasteiger charge is 2.14. The first-order chi connectivity index (χ1) is 5.11. The van der Waals surface area contributed by atoms with Crippen LogP contribution in [0.5, 0.6) is 0 Å². The summed E-state index contributed by atoms with van der Waals surface area (Å²) in [6.07, 6.45) is -0.587. The third kappa shape index (κ3) is 3.01. The zero-order chi connectivity index (χ0) is 8.85. The number of Topliss-reactive ketones (excluding diaryl/α,β-unsaturated/α-hetero) is 1. The molecule has 4 nitrogen and oxygen atoms in total. The standard InChI is InChI=1S/C5H6BO4/c1-10-5(9)3(7)2-4(6)8/h6H,2H2,1H3/i6D. The number of carbonyl (C=O) groups is 3. The van der Waals surface area contributed by atoms with Gasteiger partial charge in [0.2, 0.25) is 5.78 Å². The highest BCUT2D eigenvalue weighted by atomic mass is 16.5. The fraction of sp³-hybridized carbons (Fsp3) is 0.400. The van der Waals surface area contributed by atoms with E-state index in [1.165, 1.54) is 0 Å². The van der Waals surface area contributed by atoms with E-state index < -0.39 is 23.9 Å². The zero-order valence-electron chi connectivity index (χ0n) is 6.42. The number of ether oxygens (including phenoxy) is 1. The molecular weight excluding hydrogens is 135 g/mol. The normalized spacial score (nSPS) is 9.50. The van der Waals surface area contributed by atoms with E-state index in [1.54, 1.807) is 0 Å². The summed E-state index contributed by atoms with van der Waals surface area (Å²) >= 11 is 0.